The van der Waals surface area contributed by atoms with Crippen LogP contribution >= 0.6 is 7.82 Å². The van der Waals surface area contributed by atoms with Crippen LogP contribution in [0.5, 0.6) is 0 Å². The Kier molecular flexibility index (Phi) is 44.8. The molecule has 3 N–H and O–H groups in total. The van der Waals surface area contributed by atoms with Gasteiger partial charge in [-0.05, 0) is 103 Å². The molecule has 0 saturated carbocycles. The first-order valence-corrected chi connectivity index (χ1v) is 27.4. The second-order valence-electron chi connectivity index (χ2n) is 18.1. The summed E-state index contributed by atoms with van der Waals surface area (Å²) in [6.07, 6.45) is 70.0. The zero-order valence-corrected chi connectivity index (χ0v) is 43.5. The maximum atomic E-state index is 12.9. The zero-order chi connectivity index (χ0) is 48.5. The molecule has 3 atom stereocenters. The van der Waals surface area contributed by atoms with E-state index >= 15 is 0 Å². The van der Waals surface area contributed by atoms with Gasteiger partial charge in [-0.2, -0.15) is 0 Å². The molecule has 9 heteroatoms. The molecule has 0 bridgehead atoms. The Labute approximate surface area is 405 Å². The average molecular weight is 938 g/mol. The Morgan fingerprint density at radius 1 is 0.530 bits per heavy atom. The van der Waals surface area contributed by atoms with Gasteiger partial charge in [0.1, 0.15) is 13.2 Å². The number of likely N-dealkylation sites (N-methyl/N-ethyl adjacent to an activating group) is 1. The van der Waals surface area contributed by atoms with Crippen LogP contribution in [-0.4, -0.2) is 73.4 Å². The number of quaternary nitrogens is 1. The number of phosphoric acid groups is 1. The quantitative estimate of drug-likeness (QED) is 0.0243. The number of allylic oxidation sites excluding steroid dienone is 19. The van der Waals surface area contributed by atoms with E-state index in [0.717, 1.165) is 89.9 Å². The van der Waals surface area contributed by atoms with Crippen LogP contribution in [-0.2, 0) is 18.4 Å². The Balaban J connectivity index is 4.49. The average Bonchev–Trinajstić information content (AvgIpc) is 3.28. The van der Waals surface area contributed by atoms with Crippen LogP contribution in [0.1, 0.15) is 181 Å². The monoisotopic (exact) mass is 938 g/mol. The van der Waals surface area contributed by atoms with Gasteiger partial charge < -0.3 is 19.8 Å². The molecular formula is C57H98N2O6P+. The van der Waals surface area contributed by atoms with Gasteiger partial charge in [-0.15, -0.1) is 0 Å². The van der Waals surface area contributed by atoms with Gasteiger partial charge in [0.05, 0.1) is 39.9 Å². The number of carbonyl (C=O) groups excluding carboxylic acids is 1. The highest BCUT2D eigenvalue weighted by atomic mass is 31.2. The van der Waals surface area contributed by atoms with Crippen LogP contribution in [0.4, 0.5) is 0 Å². The molecule has 1 amide bonds. The summed E-state index contributed by atoms with van der Waals surface area (Å²) in [5, 5.41) is 13.8. The summed E-state index contributed by atoms with van der Waals surface area (Å²) in [6, 6.07) is -0.897. The molecule has 376 valence electrons. The Morgan fingerprint density at radius 3 is 1.39 bits per heavy atom. The van der Waals surface area contributed by atoms with Crippen molar-refractivity contribution in [3.8, 4) is 0 Å². The minimum absolute atomic E-state index is 0.0393. The van der Waals surface area contributed by atoms with Gasteiger partial charge in [0.2, 0.25) is 5.91 Å². The third kappa shape index (κ3) is 48.8. The smallest absolute Gasteiger partial charge is 0.387 e. The lowest BCUT2D eigenvalue weighted by atomic mass is 10.1. The second-order valence-corrected chi connectivity index (χ2v) is 19.6. The van der Waals surface area contributed by atoms with Gasteiger partial charge in [-0.1, -0.05) is 193 Å². The lowest BCUT2D eigenvalue weighted by Crippen LogP contribution is -2.45. The summed E-state index contributed by atoms with van der Waals surface area (Å²) in [7, 11) is 1.50. The molecule has 0 rings (SSSR count). The number of nitrogens with zero attached hydrogens (tertiary/aromatic N) is 1. The molecule has 0 heterocycles. The molecule has 0 aromatic rings. The highest BCUT2D eigenvalue weighted by Gasteiger charge is 2.27. The van der Waals surface area contributed by atoms with E-state index in [1.54, 1.807) is 6.08 Å². The lowest BCUT2D eigenvalue weighted by Gasteiger charge is -2.25. The summed E-state index contributed by atoms with van der Waals surface area (Å²) in [5.74, 6) is -0.229. The van der Waals surface area contributed by atoms with E-state index in [2.05, 4.69) is 129 Å². The Bertz CT molecular complexity index is 1480. The Morgan fingerprint density at radius 2 is 0.924 bits per heavy atom. The highest BCUT2D eigenvalue weighted by molar-refractivity contribution is 7.47. The molecule has 8 nitrogen and oxygen atoms in total. The first-order chi connectivity index (χ1) is 32.0. The molecule has 0 fully saturated rings. The summed E-state index contributed by atoms with van der Waals surface area (Å²) in [4.78, 5) is 23.2. The molecule has 0 aromatic carbocycles. The van der Waals surface area contributed by atoms with Gasteiger partial charge >= 0.3 is 7.82 Å². The largest absolute Gasteiger partial charge is 0.472 e. The van der Waals surface area contributed by atoms with Crippen molar-refractivity contribution in [2.24, 2.45) is 0 Å². The van der Waals surface area contributed by atoms with Crippen LogP contribution in [0, 0.1) is 0 Å². The predicted molar refractivity (Wildman–Crippen MR) is 285 cm³/mol. The Hall–Kier alpha value is -3.10. The molecule has 0 radical (unpaired) electrons. The molecule has 66 heavy (non-hydrogen) atoms. The normalized spacial score (nSPS) is 15.1. The molecule has 3 unspecified atom stereocenters. The van der Waals surface area contributed by atoms with Crippen molar-refractivity contribution in [2.45, 2.75) is 193 Å². The number of rotatable bonds is 45. The molecule has 0 aromatic heterocycles. The number of carbonyl (C=O) groups is 1. The fourth-order valence-corrected chi connectivity index (χ4v) is 7.32. The van der Waals surface area contributed by atoms with Crippen LogP contribution in [0.3, 0.4) is 0 Å². The van der Waals surface area contributed by atoms with Crippen LogP contribution in [0.15, 0.2) is 122 Å². The van der Waals surface area contributed by atoms with E-state index < -0.39 is 20.0 Å². The number of hydrogen-bond donors (Lipinski definition) is 3. The summed E-state index contributed by atoms with van der Waals surface area (Å²) in [6.45, 7) is 4.62. The van der Waals surface area contributed by atoms with Gasteiger partial charge in [0.25, 0.3) is 0 Å². The van der Waals surface area contributed by atoms with Crippen LogP contribution in [0.25, 0.3) is 0 Å². The van der Waals surface area contributed by atoms with Crippen molar-refractivity contribution < 1.29 is 32.9 Å². The minimum Gasteiger partial charge on any atom is -0.387 e. The highest BCUT2D eigenvalue weighted by Crippen LogP contribution is 2.43. The van der Waals surface area contributed by atoms with Crippen LogP contribution < -0.4 is 5.32 Å². The molecular weight excluding hydrogens is 840 g/mol. The van der Waals surface area contributed by atoms with Gasteiger partial charge in [0.15, 0.2) is 0 Å². The minimum atomic E-state index is -4.38. The third-order valence-electron chi connectivity index (χ3n) is 10.6. The molecule has 0 aliphatic rings. The fourth-order valence-electron chi connectivity index (χ4n) is 6.58. The summed E-state index contributed by atoms with van der Waals surface area (Å²) in [5.41, 5.74) is 0. The first kappa shape index (κ1) is 62.9. The maximum Gasteiger partial charge on any atom is 0.472 e. The van der Waals surface area contributed by atoms with Crippen molar-refractivity contribution in [1.29, 1.82) is 0 Å². The number of amides is 1. The van der Waals surface area contributed by atoms with Crippen molar-refractivity contribution in [3.63, 3.8) is 0 Å². The number of phosphoric ester groups is 1. The number of nitrogens with one attached hydrogen (secondary N) is 1. The predicted octanol–water partition coefficient (Wildman–Crippen LogP) is 15.4. The first-order valence-electron chi connectivity index (χ1n) is 25.9. The van der Waals surface area contributed by atoms with Crippen molar-refractivity contribution >= 4 is 13.7 Å². The lowest BCUT2D eigenvalue weighted by molar-refractivity contribution is -0.870. The van der Waals surface area contributed by atoms with Gasteiger partial charge in [-0.3, -0.25) is 13.8 Å². The van der Waals surface area contributed by atoms with Crippen LogP contribution in [0.2, 0.25) is 0 Å². The summed E-state index contributed by atoms with van der Waals surface area (Å²) < 4.78 is 23.6. The molecule has 0 aliphatic carbocycles. The third-order valence-corrected chi connectivity index (χ3v) is 11.6. The summed E-state index contributed by atoms with van der Waals surface area (Å²) >= 11 is 0. The number of aliphatic hydroxyl groups is 1. The molecule has 0 aliphatic heterocycles. The molecule has 0 spiro atoms. The zero-order valence-electron chi connectivity index (χ0n) is 42.6. The maximum absolute atomic E-state index is 12.9. The van der Waals surface area contributed by atoms with Crippen molar-refractivity contribution in [2.75, 3.05) is 40.9 Å². The second kappa shape index (κ2) is 47.0. The van der Waals surface area contributed by atoms with E-state index in [9.17, 15) is 19.4 Å². The van der Waals surface area contributed by atoms with Crippen molar-refractivity contribution in [3.05, 3.63) is 122 Å². The van der Waals surface area contributed by atoms with E-state index in [-0.39, 0.29) is 19.1 Å². The van der Waals surface area contributed by atoms with Gasteiger partial charge in [0, 0.05) is 6.42 Å². The standard InChI is InChI=1S/C57H97N2O6P/c1-6-8-10-12-14-16-18-20-22-24-26-27-28-29-30-31-33-35-37-39-41-43-45-47-49-51-57(61)58-55(54-65-66(62,63)64-53-52-59(3,4)5)56(60)50-48-46-44-42-40-38-36-34-32-25-23-21-19-17-15-13-11-9-7-2/h8,10,14,16,20,22,26-27,29-30,32-35,39-42,48,50,55-56,60H,6-7,9,11-13,15,17-19,21,23-25,28,31,36-38,43-47,49,51-54H2,1-5H3,(H-,58,61,62,63)/p+1/b10-8-,16-14-,22-20-,27-26-,30-29-,34-32+,35-33-,41-39-,42-40+,50-48+. The van der Waals surface area contributed by atoms with E-state index in [4.69, 9.17) is 9.05 Å². The van der Waals surface area contributed by atoms with E-state index in [1.807, 2.05) is 27.2 Å². The SMILES string of the molecule is CC/C=C\C/C=C\C/C=C\C/C=C\C/C=C\C/C=C\C/C=C\CCCCCC(=O)NC(COP(=O)(O)OCC[N+](C)(C)C)C(O)/C=C/CC/C=C/CC/C=C/CCCCCCCCCCC. The number of unbranched alkanes of at least 4 members (excludes halogenated alkanes) is 14. The molecule has 0 saturated heterocycles. The van der Waals surface area contributed by atoms with E-state index in [1.165, 1.54) is 64.2 Å². The van der Waals surface area contributed by atoms with E-state index in [0.29, 0.717) is 23.9 Å². The topological polar surface area (TPSA) is 105 Å². The number of hydrogen-bond acceptors (Lipinski definition) is 5. The van der Waals surface area contributed by atoms with Gasteiger partial charge in [-0.25, -0.2) is 4.57 Å². The van der Waals surface area contributed by atoms with Crippen molar-refractivity contribution in [1.82, 2.24) is 5.32 Å². The number of aliphatic hydroxyl groups excluding tert-OH is 1. The fraction of sp³-hybridized carbons (Fsp3) is 0.632.